The lowest BCUT2D eigenvalue weighted by Gasteiger charge is -2.02. The summed E-state index contributed by atoms with van der Waals surface area (Å²) in [6.07, 6.45) is 4.08. The molecule has 0 bridgehead atoms. The molecule has 0 atom stereocenters. The highest BCUT2D eigenvalue weighted by Crippen LogP contribution is 2.25. The number of aromatic hydroxyl groups is 1. The molecule has 1 aliphatic rings. The van der Waals surface area contributed by atoms with Crippen LogP contribution in [0.2, 0.25) is 0 Å². The highest BCUT2D eigenvalue weighted by atomic mass is 16.5. The van der Waals surface area contributed by atoms with Crippen molar-refractivity contribution in [2.45, 2.75) is 18.9 Å². The fraction of sp³-hybridized carbons (Fsp3) is 0.364. The predicted molar refractivity (Wildman–Crippen MR) is 55.3 cm³/mol. The molecule has 3 nitrogen and oxygen atoms in total. The van der Waals surface area contributed by atoms with Crippen molar-refractivity contribution < 1.29 is 9.84 Å². The van der Waals surface area contributed by atoms with Gasteiger partial charge in [-0.15, -0.1) is 0 Å². The molecule has 1 saturated carbocycles. The molecule has 0 saturated heterocycles. The van der Waals surface area contributed by atoms with Crippen LogP contribution in [0.5, 0.6) is 11.5 Å². The van der Waals surface area contributed by atoms with E-state index in [9.17, 15) is 5.11 Å². The summed E-state index contributed by atoms with van der Waals surface area (Å²) in [5, 5.41) is 9.58. The molecule has 0 aromatic heterocycles. The van der Waals surface area contributed by atoms with E-state index in [0.717, 1.165) is 5.56 Å². The number of hydrogen-bond acceptors (Lipinski definition) is 3. The molecule has 0 radical (unpaired) electrons. The number of ether oxygens (including phenoxy) is 1. The van der Waals surface area contributed by atoms with Crippen LogP contribution in [0.4, 0.5) is 0 Å². The molecule has 0 spiro atoms. The third-order valence-electron chi connectivity index (χ3n) is 2.21. The predicted octanol–water partition coefficient (Wildman–Crippen LogP) is 1.98. The summed E-state index contributed by atoms with van der Waals surface area (Å²) in [6.45, 7) is 0. The minimum absolute atomic E-state index is 0.216. The molecule has 0 unspecified atom stereocenters. The van der Waals surface area contributed by atoms with Crippen molar-refractivity contribution in [3.8, 4) is 11.5 Å². The van der Waals surface area contributed by atoms with Crippen molar-refractivity contribution in [1.82, 2.24) is 0 Å². The molecule has 1 fully saturated rings. The summed E-state index contributed by atoms with van der Waals surface area (Å²) < 4.78 is 4.98. The summed E-state index contributed by atoms with van der Waals surface area (Å²) >= 11 is 0. The number of methoxy groups -OCH3 is 1. The molecule has 74 valence electrons. The number of aliphatic imine (C=N–C) groups is 1. The van der Waals surface area contributed by atoms with E-state index in [1.54, 1.807) is 25.5 Å². The fourth-order valence-corrected chi connectivity index (χ4v) is 1.17. The second kappa shape index (κ2) is 3.70. The zero-order chi connectivity index (χ0) is 9.97. The van der Waals surface area contributed by atoms with Crippen LogP contribution in [-0.4, -0.2) is 24.5 Å². The summed E-state index contributed by atoms with van der Waals surface area (Å²) in [7, 11) is 1.58. The van der Waals surface area contributed by atoms with Crippen LogP contribution in [0.15, 0.2) is 23.2 Å². The summed E-state index contributed by atoms with van der Waals surface area (Å²) in [6, 6.07) is 5.69. The zero-order valence-electron chi connectivity index (χ0n) is 8.10. The Bertz CT molecular complexity index is 356. The van der Waals surface area contributed by atoms with Crippen molar-refractivity contribution in [1.29, 1.82) is 0 Å². The third-order valence-corrected chi connectivity index (χ3v) is 2.21. The normalized spacial score (nSPS) is 16.1. The molecule has 1 aromatic rings. The van der Waals surface area contributed by atoms with Crippen molar-refractivity contribution in [2.24, 2.45) is 4.99 Å². The summed E-state index contributed by atoms with van der Waals surface area (Å²) in [5.41, 5.74) is 0.748. The standard InChI is InChI=1S/C11H13NO2/c1-14-10-5-2-8(11(13)6-10)7-12-9-3-4-9/h2,5-7,9,13H,3-4H2,1H3. The van der Waals surface area contributed by atoms with Gasteiger partial charge in [-0.05, 0) is 25.0 Å². The largest absolute Gasteiger partial charge is 0.507 e. The van der Waals surface area contributed by atoms with Gasteiger partial charge in [-0.1, -0.05) is 0 Å². The molecule has 0 heterocycles. The quantitative estimate of drug-likeness (QED) is 0.742. The SMILES string of the molecule is COc1ccc(C=NC2CC2)c(O)c1. The van der Waals surface area contributed by atoms with E-state index in [4.69, 9.17) is 4.74 Å². The third kappa shape index (κ3) is 2.05. The maximum Gasteiger partial charge on any atom is 0.128 e. The fourth-order valence-electron chi connectivity index (χ4n) is 1.17. The summed E-state index contributed by atoms with van der Waals surface area (Å²) in [4.78, 5) is 4.30. The van der Waals surface area contributed by atoms with Crippen LogP contribution in [-0.2, 0) is 0 Å². The first-order valence-electron chi connectivity index (χ1n) is 4.70. The van der Waals surface area contributed by atoms with Crippen LogP contribution in [0, 0.1) is 0 Å². The van der Waals surface area contributed by atoms with E-state index < -0.39 is 0 Å². The van der Waals surface area contributed by atoms with Crippen LogP contribution in [0.1, 0.15) is 18.4 Å². The highest BCUT2D eigenvalue weighted by molar-refractivity contribution is 5.83. The molecular weight excluding hydrogens is 178 g/mol. The first-order valence-corrected chi connectivity index (χ1v) is 4.70. The molecule has 1 N–H and O–H groups in total. The van der Waals surface area contributed by atoms with Gasteiger partial charge in [0.1, 0.15) is 11.5 Å². The van der Waals surface area contributed by atoms with Crippen molar-refractivity contribution in [3.05, 3.63) is 23.8 Å². The van der Waals surface area contributed by atoms with Crippen LogP contribution in [0.3, 0.4) is 0 Å². The Balaban J connectivity index is 2.16. The average molecular weight is 191 g/mol. The molecule has 2 rings (SSSR count). The molecule has 1 aromatic carbocycles. The smallest absolute Gasteiger partial charge is 0.128 e. The van der Waals surface area contributed by atoms with Crippen LogP contribution >= 0.6 is 0 Å². The van der Waals surface area contributed by atoms with Gasteiger partial charge in [0.2, 0.25) is 0 Å². The first kappa shape index (κ1) is 9.06. The van der Waals surface area contributed by atoms with Gasteiger partial charge in [0.05, 0.1) is 13.2 Å². The minimum Gasteiger partial charge on any atom is -0.507 e. The lowest BCUT2D eigenvalue weighted by molar-refractivity contribution is 0.407. The number of nitrogens with zero attached hydrogens (tertiary/aromatic N) is 1. The number of phenols is 1. The Morgan fingerprint density at radius 1 is 1.50 bits per heavy atom. The number of benzene rings is 1. The van der Waals surface area contributed by atoms with Gasteiger partial charge >= 0.3 is 0 Å². The Hall–Kier alpha value is -1.51. The van der Waals surface area contributed by atoms with Gasteiger partial charge in [0.25, 0.3) is 0 Å². The topological polar surface area (TPSA) is 41.8 Å². The van der Waals surface area contributed by atoms with E-state index in [0.29, 0.717) is 11.8 Å². The lowest BCUT2D eigenvalue weighted by Crippen LogP contribution is -1.87. The average Bonchev–Trinajstić information content (AvgIpc) is 2.99. The monoisotopic (exact) mass is 191 g/mol. The highest BCUT2D eigenvalue weighted by Gasteiger charge is 2.18. The number of phenolic OH excluding ortho intramolecular Hbond substituents is 1. The van der Waals surface area contributed by atoms with Crippen molar-refractivity contribution in [3.63, 3.8) is 0 Å². The second-order valence-electron chi connectivity index (χ2n) is 3.43. The van der Waals surface area contributed by atoms with Gasteiger partial charge in [-0.25, -0.2) is 0 Å². The van der Waals surface area contributed by atoms with Gasteiger partial charge < -0.3 is 9.84 Å². The minimum atomic E-state index is 0.216. The van der Waals surface area contributed by atoms with Gasteiger partial charge in [0, 0.05) is 17.8 Å². The molecule has 1 aliphatic carbocycles. The maximum atomic E-state index is 9.58. The lowest BCUT2D eigenvalue weighted by atomic mass is 10.2. The van der Waals surface area contributed by atoms with E-state index in [1.807, 2.05) is 6.07 Å². The van der Waals surface area contributed by atoms with Gasteiger partial charge in [0.15, 0.2) is 0 Å². The number of rotatable bonds is 3. The summed E-state index contributed by atoms with van der Waals surface area (Å²) in [5.74, 6) is 0.875. The molecule has 3 heteroatoms. The van der Waals surface area contributed by atoms with Gasteiger partial charge in [-0.2, -0.15) is 0 Å². The zero-order valence-corrected chi connectivity index (χ0v) is 8.10. The van der Waals surface area contributed by atoms with Crippen LogP contribution < -0.4 is 4.74 Å². The number of hydrogen-bond donors (Lipinski definition) is 1. The van der Waals surface area contributed by atoms with Crippen LogP contribution in [0.25, 0.3) is 0 Å². The maximum absolute atomic E-state index is 9.58. The molecule has 0 amide bonds. The Morgan fingerprint density at radius 3 is 2.86 bits per heavy atom. The Kier molecular flexibility index (Phi) is 2.39. The molecule has 14 heavy (non-hydrogen) atoms. The second-order valence-corrected chi connectivity index (χ2v) is 3.43. The van der Waals surface area contributed by atoms with E-state index in [-0.39, 0.29) is 5.75 Å². The van der Waals surface area contributed by atoms with Crippen molar-refractivity contribution >= 4 is 6.21 Å². The van der Waals surface area contributed by atoms with Gasteiger partial charge in [-0.3, -0.25) is 4.99 Å². The van der Waals surface area contributed by atoms with E-state index in [1.165, 1.54) is 12.8 Å². The van der Waals surface area contributed by atoms with E-state index in [2.05, 4.69) is 4.99 Å². The Morgan fingerprint density at radius 2 is 2.29 bits per heavy atom. The van der Waals surface area contributed by atoms with Crippen molar-refractivity contribution in [2.75, 3.05) is 7.11 Å². The molecular formula is C11H13NO2. The molecule has 0 aliphatic heterocycles. The van der Waals surface area contributed by atoms with E-state index >= 15 is 0 Å². The Labute approximate surface area is 83.1 Å². The first-order chi connectivity index (χ1) is 6.79.